The van der Waals surface area contributed by atoms with Gasteiger partial charge in [0.15, 0.2) is 9.84 Å². The minimum absolute atomic E-state index is 0.0400. The highest BCUT2D eigenvalue weighted by Crippen LogP contribution is 2.31. The second-order valence-electron chi connectivity index (χ2n) is 6.38. The summed E-state index contributed by atoms with van der Waals surface area (Å²) in [5.41, 5.74) is -1.06. The van der Waals surface area contributed by atoms with Gasteiger partial charge in [0.1, 0.15) is 29.1 Å². The van der Waals surface area contributed by atoms with Crippen LogP contribution in [0, 0.1) is 0 Å². The summed E-state index contributed by atoms with van der Waals surface area (Å²) in [4.78, 5) is 11.3. The normalized spacial score (nSPS) is 13.0. The van der Waals surface area contributed by atoms with Gasteiger partial charge in [-0.1, -0.05) is 6.92 Å². The molecule has 29 heavy (non-hydrogen) atoms. The average Bonchev–Trinajstić information content (AvgIpc) is 3.02. The van der Waals surface area contributed by atoms with Crippen molar-refractivity contribution >= 4 is 30.9 Å². The maximum atomic E-state index is 12.9. The Kier molecular flexibility index (Phi) is 5.15. The van der Waals surface area contributed by atoms with Crippen LogP contribution < -0.4 is 0 Å². The Bertz CT molecular complexity index is 1320. The summed E-state index contributed by atoms with van der Waals surface area (Å²) < 4.78 is 80.8. The topological polar surface area (TPSA) is 107 Å². The van der Waals surface area contributed by atoms with Gasteiger partial charge in [-0.15, -0.1) is 0 Å². The molecule has 0 bridgehead atoms. The molecular formula is C16H16F3N5O3S2. The van der Waals surface area contributed by atoms with Gasteiger partial charge in [-0.05, 0) is 6.07 Å². The Labute approximate surface area is 164 Å². The van der Waals surface area contributed by atoms with Crippen LogP contribution >= 0.6 is 0 Å². The fourth-order valence-corrected chi connectivity index (χ4v) is 4.15. The molecule has 0 unspecified atom stereocenters. The molecule has 0 fully saturated rings. The van der Waals surface area contributed by atoms with Crippen molar-refractivity contribution in [3.63, 3.8) is 0 Å². The summed E-state index contributed by atoms with van der Waals surface area (Å²) >= 11 is 0. The largest absolute Gasteiger partial charge is 0.433 e. The van der Waals surface area contributed by atoms with Crippen LogP contribution in [0.25, 0.3) is 17.0 Å². The third-order valence-electron chi connectivity index (χ3n) is 3.76. The SMILES string of the molecule is CCS(=O)(=O)c1cc(N=S(C)(C)=O)cnc1-c1cn2cnc(C(F)(F)F)cc2n1. The van der Waals surface area contributed by atoms with Crippen molar-refractivity contribution in [3.05, 3.63) is 36.5 Å². The van der Waals surface area contributed by atoms with Gasteiger partial charge in [-0.25, -0.2) is 22.6 Å². The van der Waals surface area contributed by atoms with Crippen molar-refractivity contribution in [2.75, 3.05) is 18.3 Å². The minimum atomic E-state index is -4.64. The molecule has 3 aromatic rings. The molecule has 13 heteroatoms. The first kappa shape index (κ1) is 21.2. The van der Waals surface area contributed by atoms with Crippen LogP contribution in [0.2, 0.25) is 0 Å². The molecule has 0 saturated heterocycles. The maximum Gasteiger partial charge on any atom is 0.433 e. The molecule has 8 nitrogen and oxygen atoms in total. The Hall–Kier alpha value is -2.54. The molecular weight excluding hydrogens is 431 g/mol. The van der Waals surface area contributed by atoms with E-state index < -0.39 is 31.4 Å². The van der Waals surface area contributed by atoms with Gasteiger partial charge in [0, 0.05) is 34.5 Å². The summed E-state index contributed by atoms with van der Waals surface area (Å²) in [5, 5.41) is 0. The van der Waals surface area contributed by atoms with Crippen molar-refractivity contribution in [3.8, 4) is 11.4 Å². The Morgan fingerprint density at radius 3 is 2.41 bits per heavy atom. The molecule has 0 aliphatic rings. The van der Waals surface area contributed by atoms with Gasteiger partial charge in [-0.3, -0.25) is 9.38 Å². The van der Waals surface area contributed by atoms with Crippen LogP contribution in [-0.2, 0) is 25.7 Å². The zero-order valence-corrected chi connectivity index (χ0v) is 17.1. The van der Waals surface area contributed by atoms with Gasteiger partial charge in [0.05, 0.1) is 22.5 Å². The molecule has 0 aliphatic carbocycles. The average molecular weight is 447 g/mol. The van der Waals surface area contributed by atoms with Crippen molar-refractivity contribution < 1.29 is 25.8 Å². The number of rotatable bonds is 4. The number of pyridine rings is 1. The van der Waals surface area contributed by atoms with E-state index in [-0.39, 0.29) is 33.4 Å². The number of aromatic nitrogens is 4. The first-order valence-corrected chi connectivity index (χ1v) is 12.1. The Morgan fingerprint density at radius 1 is 1.14 bits per heavy atom. The van der Waals surface area contributed by atoms with Crippen LogP contribution in [0.3, 0.4) is 0 Å². The van der Waals surface area contributed by atoms with E-state index in [2.05, 4.69) is 19.3 Å². The molecule has 3 rings (SSSR count). The van der Waals surface area contributed by atoms with Crippen molar-refractivity contribution in [2.24, 2.45) is 4.36 Å². The quantitative estimate of drug-likeness (QED) is 0.609. The summed E-state index contributed by atoms with van der Waals surface area (Å²) in [6.45, 7) is 1.44. The van der Waals surface area contributed by atoms with Crippen LogP contribution in [0.15, 0.2) is 40.1 Å². The molecule has 0 saturated carbocycles. The summed E-state index contributed by atoms with van der Waals surface area (Å²) in [6, 6.07) is 1.99. The monoisotopic (exact) mass is 447 g/mol. The number of fused-ring (bicyclic) bond motifs is 1. The molecule has 0 spiro atoms. The second kappa shape index (κ2) is 7.06. The van der Waals surface area contributed by atoms with Crippen LogP contribution in [0.5, 0.6) is 0 Å². The third kappa shape index (κ3) is 4.56. The van der Waals surface area contributed by atoms with E-state index in [1.165, 1.54) is 42.3 Å². The van der Waals surface area contributed by atoms with Crippen molar-refractivity contribution in [2.45, 2.75) is 18.0 Å². The lowest BCUT2D eigenvalue weighted by molar-refractivity contribution is -0.141. The van der Waals surface area contributed by atoms with Crippen LogP contribution in [-0.4, -0.2) is 50.2 Å². The summed E-state index contributed by atoms with van der Waals surface area (Å²) in [7, 11) is -6.34. The molecule has 0 atom stereocenters. The summed E-state index contributed by atoms with van der Waals surface area (Å²) in [5.74, 6) is -0.244. The van der Waals surface area contributed by atoms with Gasteiger partial charge in [0.25, 0.3) is 0 Å². The number of halogens is 3. The van der Waals surface area contributed by atoms with Crippen LogP contribution in [0.4, 0.5) is 18.9 Å². The molecule has 0 N–H and O–H groups in total. The van der Waals surface area contributed by atoms with E-state index in [0.29, 0.717) is 0 Å². The fraction of sp³-hybridized carbons (Fsp3) is 0.312. The molecule has 0 amide bonds. The highest BCUT2D eigenvalue weighted by atomic mass is 32.2. The van der Waals surface area contributed by atoms with Crippen LogP contribution in [0.1, 0.15) is 12.6 Å². The minimum Gasteiger partial charge on any atom is -0.290 e. The zero-order chi connectivity index (χ0) is 21.6. The fourth-order valence-electron chi connectivity index (χ4n) is 2.48. The number of nitrogens with zero attached hydrogens (tertiary/aromatic N) is 5. The number of alkyl halides is 3. The lowest BCUT2D eigenvalue weighted by Gasteiger charge is -2.08. The molecule has 0 aromatic carbocycles. The van der Waals surface area contributed by atoms with E-state index in [0.717, 1.165) is 12.4 Å². The van der Waals surface area contributed by atoms with Crippen molar-refractivity contribution in [1.29, 1.82) is 0 Å². The highest BCUT2D eigenvalue weighted by Gasteiger charge is 2.33. The smallest absolute Gasteiger partial charge is 0.290 e. The zero-order valence-electron chi connectivity index (χ0n) is 15.5. The lowest BCUT2D eigenvalue weighted by Crippen LogP contribution is -2.08. The number of hydrogen-bond donors (Lipinski definition) is 0. The Morgan fingerprint density at radius 2 is 1.83 bits per heavy atom. The second-order valence-corrected chi connectivity index (χ2v) is 11.2. The van der Waals surface area contributed by atoms with Gasteiger partial charge >= 0.3 is 6.18 Å². The third-order valence-corrected chi connectivity index (χ3v) is 6.15. The number of imidazole rings is 1. The maximum absolute atomic E-state index is 12.9. The Balaban J connectivity index is 2.23. The highest BCUT2D eigenvalue weighted by molar-refractivity contribution is 7.92. The molecule has 3 aromatic heterocycles. The first-order valence-electron chi connectivity index (χ1n) is 8.12. The first-order chi connectivity index (χ1) is 13.3. The van der Waals surface area contributed by atoms with E-state index in [1.54, 1.807) is 0 Å². The predicted octanol–water partition coefficient (Wildman–Crippen LogP) is 2.96. The molecule has 3 heterocycles. The lowest BCUT2D eigenvalue weighted by atomic mass is 10.3. The van der Waals surface area contributed by atoms with Gasteiger partial charge in [0.2, 0.25) is 0 Å². The van der Waals surface area contributed by atoms with E-state index >= 15 is 0 Å². The van der Waals surface area contributed by atoms with Gasteiger partial charge in [-0.2, -0.15) is 17.5 Å². The van der Waals surface area contributed by atoms with E-state index in [9.17, 15) is 25.8 Å². The molecule has 0 radical (unpaired) electrons. The number of sulfone groups is 1. The predicted molar refractivity (Wildman–Crippen MR) is 101 cm³/mol. The van der Waals surface area contributed by atoms with Gasteiger partial charge < -0.3 is 0 Å². The molecule has 156 valence electrons. The number of hydrogen-bond acceptors (Lipinski definition) is 7. The summed E-state index contributed by atoms with van der Waals surface area (Å²) in [6.07, 6.45) is 1.65. The van der Waals surface area contributed by atoms with Crippen molar-refractivity contribution in [1.82, 2.24) is 19.4 Å². The molecule has 0 aliphatic heterocycles. The standard InChI is InChI=1S/C16H16F3N5O3S2/c1-4-29(26,27)12-5-10(23-28(2,3)25)7-20-15(12)11-8-24-9-21-13(16(17,18)19)6-14(24)22-11/h5-9H,4H2,1-3H3. The van der Waals surface area contributed by atoms with E-state index in [4.69, 9.17) is 0 Å². The van der Waals surface area contributed by atoms with E-state index in [1.807, 2.05) is 0 Å².